The molecule has 2 N–H and O–H groups in total. The fourth-order valence-corrected chi connectivity index (χ4v) is 1.52. The summed E-state index contributed by atoms with van der Waals surface area (Å²) in [5.41, 5.74) is 1.00. The molecule has 0 bridgehead atoms. The first kappa shape index (κ1) is 8.44. The van der Waals surface area contributed by atoms with Gasteiger partial charge in [0.05, 0.1) is 0 Å². The molecule has 0 amide bonds. The Labute approximate surface area is 77.8 Å². The van der Waals surface area contributed by atoms with Crippen LogP contribution in [-0.4, -0.2) is 29.1 Å². The third-order valence-corrected chi connectivity index (χ3v) is 2.22. The number of aromatic nitrogens is 2. The van der Waals surface area contributed by atoms with Gasteiger partial charge in [-0.3, -0.25) is 0 Å². The van der Waals surface area contributed by atoms with Crippen LogP contribution in [0.15, 0.2) is 12.4 Å². The lowest BCUT2D eigenvalue weighted by atomic mass is 10.2. The van der Waals surface area contributed by atoms with Crippen molar-refractivity contribution in [3.05, 3.63) is 18.1 Å². The molecule has 2 heterocycles. The lowest BCUT2D eigenvalue weighted by Gasteiger charge is -2.11. The van der Waals surface area contributed by atoms with Crippen molar-refractivity contribution < 1.29 is 0 Å². The molecule has 0 saturated carbocycles. The molecular weight excluding hydrogens is 164 g/mol. The first-order valence-corrected chi connectivity index (χ1v) is 4.60. The molecule has 13 heavy (non-hydrogen) atoms. The lowest BCUT2D eigenvalue weighted by Crippen LogP contribution is -2.22. The van der Waals surface area contributed by atoms with Crippen LogP contribution in [0.25, 0.3) is 0 Å². The molecular formula is C9H14N4. The zero-order valence-electron chi connectivity index (χ0n) is 7.75. The lowest BCUT2D eigenvalue weighted by molar-refractivity contribution is 0.786. The number of hydrogen-bond donors (Lipinski definition) is 2. The third kappa shape index (κ3) is 2.15. The number of nitrogens with one attached hydrogen (secondary N) is 2. The van der Waals surface area contributed by atoms with Crippen molar-refractivity contribution in [2.45, 2.75) is 19.4 Å². The fraction of sp³-hybridized carbons (Fsp3) is 0.556. The van der Waals surface area contributed by atoms with Crippen molar-refractivity contribution in [3.63, 3.8) is 0 Å². The molecule has 0 spiro atoms. The van der Waals surface area contributed by atoms with Gasteiger partial charge in [0.2, 0.25) is 0 Å². The van der Waals surface area contributed by atoms with Crippen LogP contribution in [0.4, 0.5) is 5.82 Å². The first-order chi connectivity index (χ1) is 6.34. The smallest absolute Gasteiger partial charge is 0.129 e. The zero-order valence-corrected chi connectivity index (χ0v) is 7.75. The summed E-state index contributed by atoms with van der Waals surface area (Å²) in [5, 5.41) is 6.67. The van der Waals surface area contributed by atoms with E-state index in [1.165, 1.54) is 6.42 Å². The van der Waals surface area contributed by atoms with Gasteiger partial charge in [-0.05, 0) is 19.9 Å². The van der Waals surface area contributed by atoms with E-state index in [1.807, 2.05) is 13.0 Å². The van der Waals surface area contributed by atoms with Crippen molar-refractivity contribution in [2.24, 2.45) is 0 Å². The highest BCUT2D eigenvalue weighted by Crippen LogP contribution is 2.08. The number of nitrogens with zero attached hydrogens (tertiary/aromatic N) is 2. The van der Waals surface area contributed by atoms with Crippen molar-refractivity contribution >= 4 is 5.82 Å². The summed E-state index contributed by atoms with van der Waals surface area (Å²) in [6.07, 6.45) is 2.77. The quantitative estimate of drug-likeness (QED) is 0.694. The molecule has 2 rings (SSSR count). The Morgan fingerprint density at radius 3 is 3.15 bits per heavy atom. The molecule has 1 aromatic rings. The highest BCUT2D eigenvalue weighted by Gasteiger charge is 2.13. The second kappa shape index (κ2) is 3.70. The Bertz CT molecular complexity index is 281. The minimum Gasteiger partial charge on any atom is -0.366 e. The maximum Gasteiger partial charge on any atom is 0.129 e. The van der Waals surface area contributed by atoms with Crippen molar-refractivity contribution in [1.29, 1.82) is 0 Å². The second-order valence-electron chi connectivity index (χ2n) is 3.38. The van der Waals surface area contributed by atoms with Crippen LogP contribution in [0.5, 0.6) is 0 Å². The van der Waals surface area contributed by atoms with Crippen molar-refractivity contribution in [3.8, 4) is 0 Å². The number of anilines is 1. The Kier molecular flexibility index (Phi) is 2.40. The number of aryl methyl sites for hydroxylation is 1. The van der Waals surface area contributed by atoms with E-state index in [0.29, 0.717) is 6.04 Å². The van der Waals surface area contributed by atoms with Crippen LogP contribution in [0.3, 0.4) is 0 Å². The maximum atomic E-state index is 4.15. The summed E-state index contributed by atoms with van der Waals surface area (Å²) >= 11 is 0. The minimum absolute atomic E-state index is 0.522. The molecule has 0 unspecified atom stereocenters. The van der Waals surface area contributed by atoms with Gasteiger partial charge in [0, 0.05) is 24.3 Å². The Hall–Kier alpha value is -1.16. The summed E-state index contributed by atoms with van der Waals surface area (Å²) in [4.78, 5) is 8.20. The van der Waals surface area contributed by atoms with Crippen LogP contribution in [-0.2, 0) is 0 Å². The summed E-state index contributed by atoms with van der Waals surface area (Å²) in [5.74, 6) is 0.932. The predicted molar refractivity (Wildman–Crippen MR) is 51.7 cm³/mol. The summed E-state index contributed by atoms with van der Waals surface area (Å²) in [6, 6.07) is 2.49. The highest BCUT2D eigenvalue weighted by atomic mass is 15.1. The van der Waals surface area contributed by atoms with Crippen LogP contribution >= 0.6 is 0 Å². The average molecular weight is 178 g/mol. The second-order valence-corrected chi connectivity index (χ2v) is 3.38. The molecule has 4 nitrogen and oxygen atoms in total. The van der Waals surface area contributed by atoms with E-state index in [0.717, 1.165) is 24.6 Å². The average Bonchev–Trinajstić information content (AvgIpc) is 2.57. The standard InChI is InChI=1S/C9H14N4/c1-7-4-9(12-6-11-7)13-8-2-3-10-5-8/h4,6,8,10H,2-3,5H2,1H3,(H,11,12,13)/t8-/m0/s1. The van der Waals surface area contributed by atoms with Crippen molar-refractivity contribution in [1.82, 2.24) is 15.3 Å². The van der Waals surface area contributed by atoms with Crippen LogP contribution in [0.2, 0.25) is 0 Å². The Morgan fingerprint density at radius 2 is 2.46 bits per heavy atom. The molecule has 4 heteroatoms. The van der Waals surface area contributed by atoms with Gasteiger partial charge in [-0.15, -0.1) is 0 Å². The van der Waals surface area contributed by atoms with Crippen LogP contribution in [0, 0.1) is 6.92 Å². The molecule has 1 saturated heterocycles. The Morgan fingerprint density at radius 1 is 1.54 bits per heavy atom. The molecule has 1 fully saturated rings. The normalized spacial score (nSPS) is 21.8. The van der Waals surface area contributed by atoms with E-state index in [4.69, 9.17) is 0 Å². The molecule has 1 atom stereocenters. The van der Waals surface area contributed by atoms with Gasteiger partial charge in [0.15, 0.2) is 0 Å². The summed E-state index contributed by atoms with van der Waals surface area (Å²) in [6.45, 7) is 4.10. The number of hydrogen-bond acceptors (Lipinski definition) is 4. The molecule has 1 aromatic heterocycles. The molecule has 0 aromatic carbocycles. The van der Waals surface area contributed by atoms with Gasteiger partial charge >= 0.3 is 0 Å². The Balaban J connectivity index is 2.00. The number of rotatable bonds is 2. The summed E-state index contributed by atoms with van der Waals surface area (Å²) < 4.78 is 0. The fourth-order valence-electron chi connectivity index (χ4n) is 1.52. The van der Waals surface area contributed by atoms with E-state index in [9.17, 15) is 0 Å². The van der Waals surface area contributed by atoms with Gasteiger partial charge in [0.25, 0.3) is 0 Å². The van der Waals surface area contributed by atoms with Gasteiger partial charge < -0.3 is 10.6 Å². The molecule has 1 aliphatic rings. The minimum atomic E-state index is 0.522. The highest BCUT2D eigenvalue weighted by molar-refractivity contribution is 5.35. The van der Waals surface area contributed by atoms with E-state index in [2.05, 4.69) is 20.6 Å². The van der Waals surface area contributed by atoms with E-state index in [-0.39, 0.29) is 0 Å². The third-order valence-electron chi connectivity index (χ3n) is 2.22. The first-order valence-electron chi connectivity index (χ1n) is 4.60. The van der Waals surface area contributed by atoms with Gasteiger partial charge in [-0.2, -0.15) is 0 Å². The van der Waals surface area contributed by atoms with E-state index in [1.54, 1.807) is 6.33 Å². The predicted octanol–water partition coefficient (Wildman–Crippen LogP) is 0.559. The van der Waals surface area contributed by atoms with E-state index >= 15 is 0 Å². The van der Waals surface area contributed by atoms with E-state index < -0.39 is 0 Å². The summed E-state index contributed by atoms with van der Waals surface area (Å²) in [7, 11) is 0. The van der Waals surface area contributed by atoms with Gasteiger partial charge in [-0.1, -0.05) is 0 Å². The molecule has 0 aliphatic carbocycles. The van der Waals surface area contributed by atoms with Gasteiger partial charge in [0.1, 0.15) is 12.1 Å². The van der Waals surface area contributed by atoms with Crippen LogP contribution in [0.1, 0.15) is 12.1 Å². The molecule has 0 radical (unpaired) electrons. The van der Waals surface area contributed by atoms with Gasteiger partial charge in [-0.25, -0.2) is 9.97 Å². The molecule has 1 aliphatic heterocycles. The largest absolute Gasteiger partial charge is 0.366 e. The topological polar surface area (TPSA) is 49.8 Å². The molecule has 70 valence electrons. The van der Waals surface area contributed by atoms with Crippen molar-refractivity contribution in [2.75, 3.05) is 18.4 Å². The van der Waals surface area contributed by atoms with Crippen LogP contribution < -0.4 is 10.6 Å². The zero-order chi connectivity index (χ0) is 9.10. The maximum absolute atomic E-state index is 4.15. The SMILES string of the molecule is Cc1cc(N[C@H]2CCNC2)ncn1. The monoisotopic (exact) mass is 178 g/mol.